The van der Waals surface area contributed by atoms with Gasteiger partial charge in [0.05, 0.1) is 39.1 Å². The van der Waals surface area contributed by atoms with Crippen LogP contribution in [0.2, 0.25) is 0 Å². The average Bonchev–Trinajstić information content (AvgIpc) is 3.95. The van der Waals surface area contributed by atoms with Crippen molar-refractivity contribution in [3.05, 3.63) is 258 Å². The van der Waals surface area contributed by atoms with Crippen molar-refractivity contribution < 1.29 is 0 Å². The van der Waals surface area contributed by atoms with Gasteiger partial charge in [0.15, 0.2) is 0 Å². The van der Waals surface area contributed by atoms with Crippen LogP contribution < -0.4 is 0 Å². The third-order valence-electron chi connectivity index (χ3n) is 14.9. The minimum atomic E-state index is 0.562. The molecule has 74 heavy (non-hydrogen) atoms. The van der Waals surface area contributed by atoms with Crippen molar-refractivity contribution in [1.29, 1.82) is 5.26 Å². The maximum atomic E-state index is 12.0. The zero-order valence-corrected chi connectivity index (χ0v) is 41.7. The van der Waals surface area contributed by atoms with Crippen LogP contribution in [-0.4, -0.2) is 14.1 Å². The van der Waals surface area contributed by atoms with E-state index >= 15 is 0 Å². The molecule has 0 saturated carbocycles. The number of benzene rings is 10. The van der Waals surface area contributed by atoms with E-state index in [1.54, 1.807) is 0 Å². The number of aromatic nitrogens is 3. The van der Waals surface area contributed by atoms with Crippen molar-refractivity contribution in [2.45, 2.75) is 27.7 Å². The first kappa shape index (κ1) is 44.4. The van der Waals surface area contributed by atoms with Gasteiger partial charge in [-0.25, -0.2) is 0 Å². The smallest absolute Gasteiger partial charge is 0.104 e. The first-order valence-electron chi connectivity index (χ1n) is 25.3. The molecule has 350 valence electrons. The molecule has 10 aromatic carbocycles. The van der Waals surface area contributed by atoms with E-state index in [1.165, 1.54) is 22.3 Å². The predicted molar refractivity (Wildman–Crippen MR) is 309 cm³/mol. The minimum Gasteiger partial charge on any atom is -0.308 e. The van der Waals surface area contributed by atoms with Crippen molar-refractivity contribution in [3.63, 3.8) is 0 Å². The highest BCUT2D eigenvalue weighted by Gasteiger charge is 2.25. The zero-order chi connectivity index (χ0) is 50.0. The van der Waals surface area contributed by atoms with E-state index < -0.39 is 0 Å². The molecule has 0 aliphatic heterocycles. The molecule has 4 heteroatoms. The number of aryl methyl sites for hydroxylation is 4. The largest absolute Gasteiger partial charge is 0.308 e. The minimum absolute atomic E-state index is 0.562. The Labute approximate surface area is 431 Å². The summed E-state index contributed by atoms with van der Waals surface area (Å²) in [6.07, 6.45) is 1.87. The molecule has 4 nitrogen and oxygen atoms in total. The number of fused-ring (bicyclic) bond motifs is 6. The zero-order valence-electron chi connectivity index (χ0n) is 41.7. The quantitative estimate of drug-likeness (QED) is 0.152. The van der Waals surface area contributed by atoms with Crippen LogP contribution in [0.5, 0.6) is 0 Å². The second-order valence-corrected chi connectivity index (χ2v) is 19.8. The Morgan fingerprint density at radius 2 is 0.662 bits per heavy atom. The highest BCUT2D eigenvalue weighted by atomic mass is 15.0. The third-order valence-corrected chi connectivity index (χ3v) is 14.9. The van der Waals surface area contributed by atoms with Crippen molar-refractivity contribution >= 4 is 43.6 Å². The van der Waals surface area contributed by atoms with E-state index in [0.717, 1.165) is 122 Å². The Morgan fingerprint density at radius 1 is 0.324 bits per heavy atom. The van der Waals surface area contributed by atoms with E-state index in [1.807, 2.05) is 18.3 Å². The summed E-state index contributed by atoms with van der Waals surface area (Å²) >= 11 is 0. The van der Waals surface area contributed by atoms with E-state index in [-0.39, 0.29) is 0 Å². The Bertz CT molecular complexity index is 3920. The molecule has 0 aliphatic carbocycles. The van der Waals surface area contributed by atoms with Gasteiger partial charge in [-0.05, 0) is 144 Å². The number of hydrogen-bond donors (Lipinski definition) is 0. The summed E-state index contributed by atoms with van der Waals surface area (Å²) in [5.41, 5.74) is 24.0. The van der Waals surface area contributed by atoms with Crippen LogP contribution in [0, 0.1) is 39.0 Å². The summed E-state index contributed by atoms with van der Waals surface area (Å²) in [6, 6.07) is 84.0. The monoisotopic (exact) mass is 946 g/mol. The predicted octanol–water partition coefficient (Wildman–Crippen LogP) is 18.4. The SMILES string of the molecule is Cc1ccc(-c2ccc3c(c2)c2cc(-c4ccc(C)cc4)ccc2n3-c2cc(-c3cccnc3-c3ccccc3)cc(-n3c4ccc(-c5ccc(C)cc5)cc4c4cc(-c5ccc(C)cc5)ccc43)c2C#N)cc1. The molecule has 0 spiro atoms. The van der Waals surface area contributed by atoms with Crippen LogP contribution >= 0.6 is 0 Å². The number of nitriles is 1. The molecule has 0 saturated heterocycles. The van der Waals surface area contributed by atoms with Gasteiger partial charge in [0.1, 0.15) is 11.6 Å². The second-order valence-electron chi connectivity index (χ2n) is 19.8. The lowest BCUT2D eigenvalue weighted by molar-refractivity contribution is 1.12. The molecule has 0 unspecified atom stereocenters. The summed E-state index contributed by atoms with van der Waals surface area (Å²) in [5.74, 6) is 0. The van der Waals surface area contributed by atoms with Gasteiger partial charge in [0.2, 0.25) is 0 Å². The normalized spacial score (nSPS) is 11.5. The van der Waals surface area contributed by atoms with Gasteiger partial charge in [-0.2, -0.15) is 5.26 Å². The second kappa shape index (κ2) is 17.9. The average molecular weight is 947 g/mol. The first-order valence-corrected chi connectivity index (χ1v) is 25.3. The Kier molecular flexibility index (Phi) is 10.8. The first-order chi connectivity index (χ1) is 36.3. The third kappa shape index (κ3) is 7.66. The molecule has 13 aromatic rings. The van der Waals surface area contributed by atoms with Crippen LogP contribution in [-0.2, 0) is 0 Å². The number of pyridine rings is 1. The van der Waals surface area contributed by atoms with E-state index in [4.69, 9.17) is 4.98 Å². The highest BCUT2D eigenvalue weighted by molar-refractivity contribution is 6.14. The Morgan fingerprint density at radius 3 is 1.00 bits per heavy atom. The molecular weight excluding hydrogens is 897 g/mol. The summed E-state index contributed by atoms with van der Waals surface area (Å²) in [5, 5.41) is 16.4. The van der Waals surface area contributed by atoms with Crippen molar-refractivity contribution in [3.8, 4) is 84.3 Å². The van der Waals surface area contributed by atoms with Crippen LogP contribution in [0.1, 0.15) is 27.8 Å². The maximum Gasteiger partial charge on any atom is 0.104 e. The molecule has 0 fully saturated rings. The van der Waals surface area contributed by atoms with Gasteiger partial charge in [0, 0.05) is 38.9 Å². The van der Waals surface area contributed by atoms with Gasteiger partial charge in [-0.3, -0.25) is 4.98 Å². The number of rotatable bonds is 8. The molecule has 0 radical (unpaired) electrons. The maximum absolute atomic E-state index is 12.0. The van der Waals surface area contributed by atoms with Crippen LogP contribution in [0.3, 0.4) is 0 Å². The summed E-state index contributed by atoms with van der Waals surface area (Å²) in [6.45, 7) is 8.51. The Hall–Kier alpha value is -9.56. The van der Waals surface area contributed by atoms with Gasteiger partial charge < -0.3 is 9.13 Å². The van der Waals surface area contributed by atoms with Gasteiger partial charge >= 0.3 is 0 Å². The number of hydrogen-bond acceptors (Lipinski definition) is 2. The molecule has 0 N–H and O–H groups in total. The topological polar surface area (TPSA) is 46.5 Å². The fourth-order valence-electron chi connectivity index (χ4n) is 11.0. The molecule has 3 aromatic heterocycles. The van der Waals surface area contributed by atoms with E-state index in [0.29, 0.717) is 5.56 Å². The van der Waals surface area contributed by atoms with Crippen LogP contribution in [0.4, 0.5) is 0 Å². The highest BCUT2D eigenvalue weighted by Crippen LogP contribution is 2.44. The van der Waals surface area contributed by atoms with Gasteiger partial charge in [-0.15, -0.1) is 0 Å². The van der Waals surface area contributed by atoms with Crippen LogP contribution in [0.25, 0.3) is 122 Å². The molecule has 0 atom stereocenters. The lowest BCUT2D eigenvalue weighted by Crippen LogP contribution is -2.05. The molecular formula is C70H50N4. The number of nitrogens with zero attached hydrogens (tertiary/aromatic N) is 4. The van der Waals surface area contributed by atoms with Crippen molar-refractivity contribution in [1.82, 2.24) is 14.1 Å². The standard InChI is InChI=1S/C70H50N4/c1-44-12-20-48(21-13-44)53-28-32-64-59(37-53)60-38-54(49-22-14-45(2)15-23-49)29-33-65(60)73(64)68-41-57(58-11-8-36-72-70(58)52-9-6-5-7-10-52)42-69(63(68)43-71)74-66-34-30-55(50-24-16-46(3)17-25-50)39-61(66)62-40-56(31-35-67(62)74)51-26-18-47(4)19-27-51/h5-42H,1-4H3. The molecule has 0 amide bonds. The van der Waals surface area contributed by atoms with Gasteiger partial charge in [-0.1, -0.05) is 180 Å². The summed E-state index contributed by atoms with van der Waals surface area (Å²) in [7, 11) is 0. The molecule has 13 rings (SSSR count). The Balaban J connectivity index is 1.14. The fraction of sp³-hybridized carbons (Fsp3) is 0.0571. The lowest BCUT2D eigenvalue weighted by Gasteiger charge is -2.19. The van der Waals surface area contributed by atoms with Crippen LogP contribution in [0.15, 0.2) is 231 Å². The summed E-state index contributed by atoms with van der Waals surface area (Å²) in [4.78, 5) is 5.05. The van der Waals surface area contributed by atoms with E-state index in [2.05, 4.69) is 255 Å². The summed E-state index contributed by atoms with van der Waals surface area (Å²) < 4.78 is 4.65. The lowest BCUT2D eigenvalue weighted by atomic mass is 9.96. The van der Waals surface area contributed by atoms with Crippen molar-refractivity contribution in [2.75, 3.05) is 0 Å². The molecule has 3 heterocycles. The molecule has 0 aliphatic rings. The van der Waals surface area contributed by atoms with Crippen molar-refractivity contribution in [2.24, 2.45) is 0 Å². The van der Waals surface area contributed by atoms with E-state index in [9.17, 15) is 5.26 Å². The molecule has 0 bridgehead atoms. The fourth-order valence-corrected chi connectivity index (χ4v) is 11.0. The van der Waals surface area contributed by atoms with Gasteiger partial charge in [0.25, 0.3) is 0 Å².